The summed E-state index contributed by atoms with van der Waals surface area (Å²) in [5.41, 5.74) is 1.65. The highest BCUT2D eigenvalue weighted by atomic mass is 16.5. The van der Waals surface area contributed by atoms with Crippen LogP contribution in [-0.2, 0) is 11.3 Å². The van der Waals surface area contributed by atoms with E-state index in [1.54, 1.807) is 0 Å². The highest BCUT2D eigenvalue weighted by Crippen LogP contribution is 2.24. The van der Waals surface area contributed by atoms with Gasteiger partial charge in [0.25, 0.3) is 5.56 Å². The van der Waals surface area contributed by atoms with E-state index in [9.17, 15) is 34.3 Å². The summed E-state index contributed by atoms with van der Waals surface area (Å²) in [5, 5.41) is 18.6. The number of nitriles is 1. The second-order valence-corrected chi connectivity index (χ2v) is 7.71. The van der Waals surface area contributed by atoms with Crippen LogP contribution in [0.3, 0.4) is 0 Å². The van der Waals surface area contributed by atoms with Gasteiger partial charge in [-0.05, 0) is 25.1 Å². The Morgan fingerprint density at radius 1 is 1.00 bits per heavy atom. The van der Waals surface area contributed by atoms with Gasteiger partial charge in [0.2, 0.25) is 11.3 Å². The number of nitrogens with one attached hydrogen (secondary N) is 2. The van der Waals surface area contributed by atoms with Crippen molar-refractivity contribution in [1.29, 1.82) is 5.26 Å². The van der Waals surface area contributed by atoms with Crippen molar-refractivity contribution in [3.05, 3.63) is 103 Å². The van der Waals surface area contributed by atoms with Gasteiger partial charge < -0.3 is 9.84 Å². The maximum Gasteiger partial charge on any atom is 0.278 e. The number of benzene rings is 1. The first-order valence-corrected chi connectivity index (χ1v) is 10.3. The number of hydrazine groups is 1. The molecule has 35 heavy (non-hydrogen) atoms. The van der Waals surface area contributed by atoms with Crippen LogP contribution in [0, 0.1) is 28.7 Å². The fraction of sp³-hybridized carbons (Fsp3) is 0.167. The number of pyridine rings is 1. The zero-order valence-electron chi connectivity index (χ0n) is 18.6. The molecule has 0 bridgehead atoms. The molecular formula is C24H18N4O7. The topological polar surface area (TPSA) is 168 Å². The summed E-state index contributed by atoms with van der Waals surface area (Å²) in [7, 11) is 1.42. The molecule has 0 spiro atoms. The van der Waals surface area contributed by atoms with Gasteiger partial charge >= 0.3 is 0 Å². The molecule has 176 valence electrons. The lowest BCUT2D eigenvalue weighted by molar-refractivity contribution is 0.182. The van der Waals surface area contributed by atoms with Gasteiger partial charge in [-0.25, -0.2) is 0 Å². The molecule has 0 radical (unpaired) electrons. The summed E-state index contributed by atoms with van der Waals surface area (Å²) >= 11 is 0. The van der Waals surface area contributed by atoms with E-state index in [4.69, 9.17) is 4.74 Å². The molecule has 11 nitrogen and oxygen atoms in total. The number of aromatic hydroxyl groups is 1. The summed E-state index contributed by atoms with van der Waals surface area (Å²) < 4.78 is 5.91. The molecule has 0 unspecified atom stereocenters. The molecule has 2 aliphatic rings. The van der Waals surface area contributed by atoms with Crippen molar-refractivity contribution in [2.45, 2.75) is 13.5 Å². The van der Waals surface area contributed by atoms with Gasteiger partial charge in [-0.2, -0.15) is 5.26 Å². The summed E-state index contributed by atoms with van der Waals surface area (Å²) in [4.78, 5) is 63.7. The minimum absolute atomic E-state index is 0.0287. The number of fused-ring (bicyclic) bond motifs is 1. The van der Waals surface area contributed by atoms with Crippen molar-refractivity contribution in [2.75, 3.05) is 24.6 Å². The third kappa shape index (κ3) is 3.62. The lowest BCUT2D eigenvalue weighted by atomic mass is 10.0. The molecule has 0 fully saturated rings. The number of methoxy groups -OCH3 is 1. The van der Waals surface area contributed by atoms with Crippen molar-refractivity contribution in [3.8, 4) is 11.9 Å². The van der Waals surface area contributed by atoms with Crippen LogP contribution in [0.5, 0.6) is 5.88 Å². The maximum atomic E-state index is 13.2. The zero-order chi connectivity index (χ0) is 25.4. The summed E-state index contributed by atoms with van der Waals surface area (Å²) in [6.45, 7) is 1.52. The molecular weight excluding hydrogens is 456 g/mol. The molecule has 0 amide bonds. The predicted octanol–water partition coefficient (Wildman–Crippen LogP) is 0.0138. The van der Waals surface area contributed by atoms with Crippen LogP contribution >= 0.6 is 0 Å². The van der Waals surface area contributed by atoms with E-state index in [1.807, 2.05) is 6.07 Å². The predicted molar refractivity (Wildman–Crippen MR) is 128 cm³/mol. The third-order valence-corrected chi connectivity index (χ3v) is 5.76. The Morgan fingerprint density at radius 2 is 1.66 bits per heavy atom. The van der Waals surface area contributed by atoms with Gasteiger partial charge in [0.1, 0.15) is 17.3 Å². The van der Waals surface area contributed by atoms with Gasteiger partial charge in [0.15, 0.2) is 16.3 Å². The third-order valence-electron chi connectivity index (χ3n) is 5.76. The number of nitrogens with zero attached hydrogens (tertiary/aromatic N) is 2. The second-order valence-electron chi connectivity index (χ2n) is 7.71. The SMILES string of the molecule is COCCn1c(O)c(C#N)c(C)c(NNc2cccc3c(=O)c4c(=O)ccc(=O)c=4c(=O)c23)c1=O. The van der Waals surface area contributed by atoms with E-state index in [1.165, 1.54) is 32.2 Å². The fourth-order valence-corrected chi connectivity index (χ4v) is 3.99. The quantitative estimate of drug-likeness (QED) is 0.324. The van der Waals surface area contributed by atoms with Crippen molar-refractivity contribution >= 4 is 22.1 Å². The van der Waals surface area contributed by atoms with Gasteiger partial charge in [-0.15, -0.1) is 0 Å². The molecule has 1 aromatic carbocycles. The molecule has 0 aliphatic heterocycles. The minimum atomic E-state index is -0.806. The minimum Gasteiger partial charge on any atom is -0.493 e. The normalized spacial score (nSPS) is 11.0. The van der Waals surface area contributed by atoms with Crippen LogP contribution in [0.1, 0.15) is 11.1 Å². The first-order chi connectivity index (χ1) is 16.7. The van der Waals surface area contributed by atoms with E-state index in [2.05, 4.69) is 10.9 Å². The molecule has 3 N–H and O–H groups in total. The Bertz CT molecular complexity index is 1880. The molecule has 1 heterocycles. The molecule has 2 aromatic rings. The van der Waals surface area contributed by atoms with Crippen LogP contribution in [-0.4, -0.2) is 23.4 Å². The molecule has 0 saturated heterocycles. The average Bonchev–Trinajstić information content (AvgIpc) is 2.84. The Labute approximate surface area is 195 Å². The summed E-state index contributed by atoms with van der Waals surface area (Å²) in [6, 6.07) is 8.01. The van der Waals surface area contributed by atoms with Crippen molar-refractivity contribution < 1.29 is 9.84 Å². The number of hydrogen-bond donors (Lipinski definition) is 3. The van der Waals surface area contributed by atoms with Crippen LogP contribution < -0.4 is 38.1 Å². The molecule has 1 aromatic heterocycles. The van der Waals surface area contributed by atoms with E-state index in [-0.39, 0.29) is 46.4 Å². The van der Waals surface area contributed by atoms with E-state index < -0.39 is 43.6 Å². The highest BCUT2D eigenvalue weighted by Gasteiger charge is 2.20. The zero-order valence-corrected chi connectivity index (χ0v) is 18.6. The summed E-state index contributed by atoms with van der Waals surface area (Å²) in [5.74, 6) is -0.511. The molecule has 0 saturated carbocycles. The van der Waals surface area contributed by atoms with Crippen LogP contribution in [0.4, 0.5) is 11.4 Å². The van der Waals surface area contributed by atoms with Crippen molar-refractivity contribution in [3.63, 3.8) is 0 Å². The van der Waals surface area contributed by atoms with Crippen LogP contribution in [0.2, 0.25) is 0 Å². The average molecular weight is 474 g/mol. The largest absolute Gasteiger partial charge is 0.493 e. The number of hydrogen-bond acceptors (Lipinski definition) is 10. The first-order valence-electron chi connectivity index (χ1n) is 10.3. The van der Waals surface area contributed by atoms with Gasteiger partial charge in [0, 0.05) is 18.1 Å². The van der Waals surface area contributed by atoms with E-state index in [0.29, 0.717) is 0 Å². The monoisotopic (exact) mass is 474 g/mol. The number of aromatic nitrogens is 1. The Hall–Kier alpha value is -4.82. The first kappa shape index (κ1) is 23.3. The van der Waals surface area contributed by atoms with Crippen molar-refractivity contribution in [2.24, 2.45) is 0 Å². The van der Waals surface area contributed by atoms with Crippen LogP contribution in [0.25, 0.3) is 10.8 Å². The standard InChI is InChI=1S/C24H18N4O7/c1-11-13(10-25)23(33)28(8-9-35-2)24(34)20(11)27-26-14-5-3-4-12-17(14)22(32)19-16(30)7-6-15(29)18(19)21(12)31/h3-7,26-27,33H,8-9H2,1-2H3. The fourth-order valence-electron chi connectivity index (χ4n) is 3.99. The Kier molecular flexibility index (Phi) is 5.90. The molecule has 4 rings (SSSR count). The van der Waals surface area contributed by atoms with Gasteiger partial charge in [-0.1, -0.05) is 12.1 Å². The second kappa shape index (κ2) is 8.85. The van der Waals surface area contributed by atoms with E-state index >= 15 is 0 Å². The van der Waals surface area contributed by atoms with Gasteiger partial charge in [-0.3, -0.25) is 39.4 Å². The molecule has 0 atom stereocenters. The van der Waals surface area contributed by atoms with Crippen LogP contribution in [0.15, 0.2) is 54.3 Å². The van der Waals surface area contributed by atoms with Gasteiger partial charge in [0.05, 0.1) is 34.7 Å². The molecule has 2 aliphatic carbocycles. The number of rotatable bonds is 6. The number of ether oxygens (including phenoxy) is 1. The Morgan fingerprint density at radius 3 is 2.29 bits per heavy atom. The smallest absolute Gasteiger partial charge is 0.278 e. The van der Waals surface area contributed by atoms with E-state index in [0.717, 1.165) is 16.7 Å². The lowest BCUT2D eigenvalue weighted by Gasteiger charge is -2.17. The Balaban J connectivity index is 1.92. The highest BCUT2D eigenvalue weighted by molar-refractivity contribution is 5.94. The summed E-state index contributed by atoms with van der Waals surface area (Å²) in [6.07, 6.45) is 0. The van der Waals surface area contributed by atoms with Crippen molar-refractivity contribution in [1.82, 2.24) is 4.57 Å². The number of anilines is 2. The lowest BCUT2D eigenvalue weighted by Crippen LogP contribution is -2.30. The molecule has 11 heteroatoms. The maximum absolute atomic E-state index is 13.2.